The number of rotatable bonds is 4. The van der Waals surface area contributed by atoms with Crippen LogP contribution in [0.5, 0.6) is 0 Å². The molecule has 0 spiro atoms. The number of hydrogen-bond donors (Lipinski definition) is 0. The molecule has 80 heavy (non-hydrogen) atoms. The van der Waals surface area contributed by atoms with Crippen LogP contribution < -0.4 is 21.9 Å². The van der Waals surface area contributed by atoms with Gasteiger partial charge in [0.15, 0.2) is 0 Å². The zero-order valence-corrected chi connectivity index (χ0v) is 43.2. The third-order valence-electron chi connectivity index (χ3n) is 18.9. The molecule has 16 aromatic rings. The normalized spacial score (nSPS) is 13.2. The molecule has 0 radical (unpaired) electrons. The molecule has 0 saturated carbocycles. The number of benzene rings is 12. The molecular weight excluding hydrogens is 966 g/mol. The summed E-state index contributed by atoms with van der Waals surface area (Å²) < 4.78 is 10.8. The lowest BCUT2D eigenvalue weighted by Crippen LogP contribution is -2.55. The molecule has 0 saturated heterocycles. The van der Waals surface area contributed by atoms with Gasteiger partial charge in [-0.05, 0) is 114 Å². The standard InChI is InChI=1S/C74H42B2N4/c1-5-19-43(20-6-1)47-39-57(45-23-9-3-10-24-45)65-53-37-35-49-51-27-17-29-55-69(51)79(75-59-31-13-15-33-61(59)77(63(65)41-47)71(53)67(49)75)73-56-30-18-28-52-50-36-38-54-66-58(46-25-11-4-12-26-46)40-48(44-21-7-2-8-22-44)42-64(66)78-62-34-16-14-32-60(62)76(68(50)72(54)78)80(70(52)56)74(55)73/h1-42H. The maximum Gasteiger partial charge on any atom is 0.333 e. The lowest BCUT2D eigenvalue weighted by Gasteiger charge is -2.34. The Labute approximate surface area is 460 Å². The van der Waals surface area contributed by atoms with Crippen molar-refractivity contribution in [2.75, 3.05) is 0 Å². The molecule has 20 rings (SSSR count). The highest BCUT2D eigenvalue weighted by Crippen LogP contribution is 2.52. The summed E-state index contributed by atoms with van der Waals surface area (Å²) in [5, 5.41) is 7.76. The number of fused-ring (bicyclic) bond motifs is 21. The first-order chi connectivity index (χ1) is 39.8. The first-order valence-corrected chi connectivity index (χ1v) is 28.1. The van der Waals surface area contributed by atoms with Gasteiger partial charge in [-0.1, -0.05) is 218 Å². The van der Waals surface area contributed by atoms with Crippen LogP contribution in [0.4, 0.5) is 0 Å². The molecule has 4 aromatic heterocycles. The summed E-state index contributed by atoms with van der Waals surface area (Å²) in [4.78, 5) is 0. The van der Waals surface area contributed by atoms with Crippen molar-refractivity contribution < 1.29 is 0 Å². The number of nitrogens with zero attached hydrogens (tertiary/aromatic N) is 4. The molecule has 0 atom stereocenters. The van der Waals surface area contributed by atoms with E-state index in [9.17, 15) is 0 Å². The van der Waals surface area contributed by atoms with E-state index in [1.165, 1.54) is 176 Å². The molecule has 0 aliphatic carbocycles. The van der Waals surface area contributed by atoms with E-state index in [0.29, 0.717) is 0 Å². The molecule has 0 unspecified atom stereocenters. The minimum atomic E-state index is -0.0840. The van der Waals surface area contributed by atoms with Gasteiger partial charge in [-0.15, -0.1) is 0 Å². The van der Waals surface area contributed by atoms with E-state index < -0.39 is 0 Å². The first kappa shape index (κ1) is 41.8. The fraction of sp³-hybridized carbons (Fsp3) is 0. The summed E-state index contributed by atoms with van der Waals surface area (Å²) >= 11 is 0. The van der Waals surface area contributed by atoms with Gasteiger partial charge >= 0.3 is 13.7 Å². The summed E-state index contributed by atoms with van der Waals surface area (Å²) in [6, 6.07) is 96.3. The van der Waals surface area contributed by atoms with Crippen LogP contribution in [0.15, 0.2) is 255 Å². The van der Waals surface area contributed by atoms with Crippen molar-refractivity contribution in [2.45, 2.75) is 0 Å². The minimum Gasteiger partial charge on any atom is -0.374 e. The van der Waals surface area contributed by atoms with Gasteiger partial charge in [0.1, 0.15) is 0 Å². The largest absolute Gasteiger partial charge is 0.374 e. The van der Waals surface area contributed by atoms with E-state index in [-0.39, 0.29) is 13.7 Å². The van der Waals surface area contributed by atoms with Crippen LogP contribution in [-0.2, 0) is 0 Å². The molecule has 12 aromatic carbocycles. The third kappa shape index (κ3) is 4.99. The average Bonchev–Trinajstić information content (AvgIpc) is 4.39. The quantitative estimate of drug-likeness (QED) is 0.157. The molecule has 8 heterocycles. The Kier molecular flexibility index (Phi) is 7.76. The van der Waals surface area contributed by atoms with Gasteiger partial charge in [0, 0.05) is 65.9 Å². The molecule has 0 amide bonds. The van der Waals surface area contributed by atoms with Crippen molar-refractivity contribution in [3.8, 4) is 78.1 Å². The van der Waals surface area contributed by atoms with Gasteiger partial charge in [0.25, 0.3) is 0 Å². The Balaban J connectivity index is 0.914. The molecular formula is C74H42B2N4. The number of hydrogen-bond acceptors (Lipinski definition) is 0. The van der Waals surface area contributed by atoms with Crippen LogP contribution in [0.1, 0.15) is 0 Å². The maximum absolute atomic E-state index is 2.80. The maximum atomic E-state index is 2.80. The highest BCUT2D eigenvalue weighted by molar-refractivity contribution is 6.92. The highest BCUT2D eigenvalue weighted by Gasteiger charge is 2.46. The fourth-order valence-corrected chi connectivity index (χ4v) is 15.9. The molecule has 4 nitrogen and oxygen atoms in total. The van der Waals surface area contributed by atoms with E-state index in [2.05, 4.69) is 273 Å². The molecule has 6 heteroatoms. The monoisotopic (exact) mass is 1010 g/mol. The molecule has 4 aliphatic heterocycles. The van der Waals surface area contributed by atoms with Crippen LogP contribution in [0, 0.1) is 0 Å². The average molecular weight is 1010 g/mol. The highest BCUT2D eigenvalue weighted by atomic mass is 15.1. The molecule has 0 fully saturated rings. The van der Waals surface area contributed by atoms with Crippen LogP contribution in [-0.4, -0.2) is 31.8 Å². The second-order valence-corrected chi connectivity index (χ2v) is 22.6. The predicted molar refractivity (Wildman–Crippen MR) is 337 cm³/mol. The van der Waals surface area contributed by atoms with Gasteiger partial charge in [0.05, 0.1) is 33.1 Å². The fourth-order valence-electron chi connectivity index (χ4n) is 15.9. The van der Waals surface area contributed by atoms with Gasteiger partial charge in [-0.25, -0.2) is 0 Å². The van der Waals surface area contributed by atoms with Crippen molar-refractivity contribution in [2.24, 2.45) is 0 Å². The van der Waals surface area contributed by atoms with Gasteiger partial charge in [-0.3, -0.25) is 0 Å². The number of para-hydroxylation sites is 4. The summed E-state index contributed by atoms with van der Waals surface area (Å²) in [7, 11) is 0. The van der Waals surface area contributed by atoms with Crippen molar-refractivity contribution in [1.82, 2.24) is 18.1 Å². The SMILES string of the molecule is c1ccc(-c2cc(-c3ccccc3)c3c4ccc5c6c4n(c3c2)-c2ccccc2B6n2c3c-5cccc3c3c2c2cccc4c2n3B2c3ccccc3-n3c5cc(-c6ccccc6)cc(-c6ccccc6)c5c5ccc-4c2c53)cc1. The Morgan fingerprint density at radius 1 is 0.237 bits per heavy atom. The predicted octanol–water partition coefficient (Wildman–Crippen LogP) is 15.5. The summed E-state index contributed by atoms with van der Waals surface area (Å²) in [6.07, 6.45) is 0. The zero-order valence-electron chi connectivity index (χ0n) is 43.2. The summed E-state index contributed by atoms with van der Waals surface area (Å²) in [6.45, 7) is -0.168. The Bertz CT molecular complexity index is 5130. The van der Waals surface area contributed by atoms with Crippen LogP contribution >= 0.6 is 0 Å². The molecule has 0 bridgehead atoms. The second-order valence-electron chi connectivity index (χ2n) is 22.6. The van der Waals surface area contributed by atoms with Gasteiger partial charge in [0.2, 0.25) is 0 Å². The van der Waals surface area contributed by atoms with E-state index in [1.54, 1.807) is 0 Å². The Hall–Kier alpha value is -10.3. The van der Waals surface area contributed by atoms with E-state index in [1.807, 2.05) is 0 Å². The molecule has 364 valence electrons. The molecule has 0 N–H and O–H groups in total. The Morgan fingerprint density at radius 2 is 0.625 bits per heavy atom. The van der Waals surface area contributed by atoms with Crippen molar-refractivity contribution >= 4 is 112 Å². The van der Waals surface area contributed by atoms with Crippen LogP contribution in [0.3, 0.4) is 0 Å². The topological polar surface area (TPSA) is 19.7 Å². The zero-order chi connectivity index (χ0) is 51.6. The van der Waals surface area contributed by atoms with E-state index in [4.69, 9.17) is 0 Å². The summed E-state index contributed by atoms with van der Waals surface area (Å²) in [5.41, 5.74) is 33.2. The van der Waals surface area contributed by atoms with Crippen molar-refractivity contribution in [1.29, 1.82) is 0 Å². The van der Waals surface area contributed by atoms with Crippen molar-refractivity contribution in [3.05, 3.63) is 255 Å². The second kappa shape index (κ2) is 14.8. The van der Waals surface area contributed by atoms with E-state index >= 15 is 0 Å². The summed E-state index contributed by atoms with van der Waals surface area (Å²) in [5.74, 6) is 0. The molecule has 4 aliphatic rings. The lowest BCUT2D eigenvalue weighted by atomic mass is 9.45. The smallest absolute Gasteiger partial charge is 0.333 e. The van der Waals surface area contributed by atoms with Gasteiger partial charge < -0.3 is 18.1 Å². The van der Waals surface area contributed by atoms with Gasteiger partial charge in [-0.2, -0.15) is 0 Å². The van der Waals surface area contributed by atoms with Crippen molar-refractivity contribution in [3.63, 3.8) is 0 Å². The number of aromatic nitrogens is 4. The lowest BCUT2D eigenvalue weighted by molar-refractivity contribution is 1.18. The van der Waals surface area contributed by atoms with Crippen LogP contribution in [0.25, 0.3) is 155 Å². The van der Waals surface area contributed by atoms with E-state index in [0.717, 1.165) is 0 Å². The Morgan fingerprint density at radius 3 is 1.05 bits per heavy atom. The van der Waals surface area contributed by atoms with Crippen LogP contribution in [0.2, 0.25) is 0 Å². The first-order valence-electron chi connectivity index (χ1n) is 28.1. The minimum absolute atomic E-state index is 0.0840. The third-order valence-corrected chi connectivity index (χ3v) is 18.9.